The van der Waals surface area contributed by atoms with Crippen LogP contribution in [0.1, 0.15) is 42.2 Å². The molecule has 0 aromatic heterocycles. The van der Waals surface area contributed by atoms with Crippen molar-refractivity contribution in [3.05, 3.63) is 82.4 Å². The normalized spacial score (nSPS) is 11.2. The van der Waals surface area contributed by atoms with E-state index in [2.05, 4.69) is 16.0 Å². The van der Waals surface area contributed by atoms with E-state index >= 15 is 0 Å². The van der Waals surface area contributed by atoms with E-state index in [1.54, 1.807) is 30.1 Å². The highest BCUT2D eigenvalue weighted by molar-refractivity contribution is 6.16. The summed E-state index contributed by atoms with van der Waals surface area (Å²) in [6, 6.07) is 16.6. The van der Waals surface area contributed by atoms with Crippen molar-refractivity contribution in [3.8, 4) is 0 Å². The van der Waals surface area contributed by atoms with Crippen molar-refractivity contribution >= 4 is 57.4 Å². The molecule has 0 unspecified atom stereocenters. The largest absolute Gasteiger partial charge is 0.382 e. The van der Waals surface area contributed by atoms with Gasteiger partial charge in [-0.05, 0) is 66.3 Å². The van der Waals surface area contributed by atoms with Crippen LogP contribution in [0.3, 0.4) is 0 Å². The second-order valence-corrected chi connectivity index (χ2v) is 13.7. The Morgan fingerprint density at radius 1 is 0.650 bits per heavy atom. The number of ether oxygens (including phenoxy) is 6. The van der Waals surface area contributed by atoms with Crippen LogP contribution in [0.25, 0.3) is 21.5 Å². The van der Waals surface area contributed by atoms with Gasteiger partial charge in [-0.15, -0.1) is 0 Å². The monoisotopic (exact) mass is 832 g/mol. The first-order valence-electron chi connectivity index (χ1n) is 20.3. The lowest BCUT2D eigenvalue weighted by molar-refractivity contribution is -0.108. The van der Waals surface area contributed by atoms with Gasteiger partial charge >= 0.3 is 0 Å². The van der Waals surface area contributed by atoms with Gasteiger partial charge in [0.05, 0.1) is 79.3 Å². The molecule has 0 atom stereocenters. The molecule has 0 spiro atoms. The third-order valence-electron chi connectivity index (χ3n) is 9.41. The van der Waals surface area contributed by atoms with Crippen molar-refractivity contribution in [2.24, 2.45) is 11.5 Å². The molecule has 3 amide bonds. The van der Waals surface area contributed by atoms with E-state index in [9.17, 15) is 19.2 Å². The minimum atomic E-state index is -0.493. The van der Waals surface area contributed by atoms with Crippen molar-refractivity contribution in [1.82, 2.24) is 10.2 Å². The molecule has 326 valence electrons. The van der Waals surface area contributed by atoms with Crippen LogP contribution in [0.5, 0.6) is 0 Å². The molecule has 0 radical (unpaired) electrons. The number of hydrogen-bond donors (Lipinski definition) is 5. The number of fused-ring (bicyclic) bond motifs is 2. The summed E-state index contributed by atoms with van der Waals surface area (Å²) in [4.78, 5) is 51.5. The van der Waals surface area contributed by atoms with Crippen LogP contribution >= 0.6 is 0 Å². The molecule has 0 fully saturated rings. The zero-order chi connectivity index (χ0) is 43.0. The fourth-order valence-corrected chi connectivity index (χ4v) is 6.60. The van der Waals surface area contributed by atoms with Gasteiger partial charge in [0.1, 0.15) is 0 Å². The smallest absolute Gasteiger partial charge is 0.258 e. The number of benzene rings is 4. The SMILES string of the molecule is Cc1cc(C=O)c2c(C(=O)N(C)CCOCCOCCc3cccc4c(NCCOCCOCCN)ccc(C(=O)NC=O)c34)ccc(NCCOCCOCCN)c2c1. The highest BCUT2D eigenvalue weighted by atomic mass is 16.5. The van der Waals surface area contributed by atoms with Gasteiger partial charge in [-0.1, -0.05) is 18.2 Å². The van der Waals surface area contributed by atoms with Crippen molar-refractivity contribution in [2.75, 3.05) is 130 Å². The number of anilines is 2. The van der Waals surface area contributed by atoms with Crippen molar-refractivity contribution < 1.29 is 47.6 Å². The molecule has 16 nitrogen and oxygen atoms in total. The summed E-state index contributed by atoms with van der Waals surface area (Å²) in [5, 5.41) is 11.9. The lowest BCUT2D eigenvalue weighted by Crippen LogP contribution is -2.30. The van der Waals surface area contributed by atoms with E-state index in [-0.39, 0.29) is 12.5 Å². The molecule has 0 bridgehead atoms. The van der Waals surface area contributed by atoms with E-state index in [1.165, 1.54) is 0 Å². The molecule has 7 N–H and O–H groups in total. The van der Waals surface area contributed by atoms with Gasteiger partial charge in [0, 0.05) is 84.0 Å². The predicted molar refractivity (Wildman–Crippen MR) is 232 cm³/mol. The van der Waals surface area contributed by atoms with Crippen LogP contribution in [0, 0.1) is 6.92 Å². The molecular formula is C44H60N6O10. The fraction of sp³-hybridized carbons (Fsp3) is 0.455. The van der Waals surface area contributed by atoms with Gasteiger partial charge in [0.2, 0.25) is 6.41 Å². The fourth-order valence-electron chi connectivity index (χ4n) is 6.60. The Bertz CT molecular complexity index is 1980. The van der Waals surface area contributed by atoms with E-state index in [4.69, 9.17) is 39.9 Å². The first-order chi connectivity index (χ1) is 29.3. The molecule has 0 saturated carbocycles. The van der Waals surface area contributed by atoms with Crippen molar-refractivity contribution in [3.63, 3.8) is 0 Å². The number of amides is 3. The zero-order valence-corrected chi connectivity index (χ0v) is 34.8. The minimum Gasteiger partial charge on any atom is -0.382 e. The third-order valence-corrected chi connectivity index (χ3v) is 9.41. The Morgan fingerprint density at radius 2 is 1.22 bits per heavy atom. The first kappa shape index (κ1) is 47.6. The van der Waals surface area contributed by atoms with Gasteiger partial charge < -0.3 is 55.4 Å². The maximum absolute atomic E-state index is 13.7. The van der Waals surface area contributed by atoms with Crippen LogP contribution in [-0.4, -0.2) is 148 Å². The van der Waals surface area contributed by atoms with Crippen molar-refractivity contribution in [1.29, 1.82) is 0 Å². The molecule has 0 saturated heterocycles. The summed E-state index contributed by atoms with van der Waals surface area (Å²) in [6.07, 6.45) is 1.67. The Morgan fingerprint density at radius 3 is 1.82 bits per heavy atom. The molecular weight excluding hydrogens is 773 g/mol. The van der Waals surface area contributed by atoms with Gasteiger partial charge in [-0.25, -0.2) is 0 Å². The summed E-state index contributed by atoms with van der Waals surface area (Å²) in [5.74, 6) is -0.723. The van der Waals surface area contributed by atoms with E-state index in [0.717, 1.165) is 44.9 Å². The highest BCUT2D eigenvalue weighted by Crippen LogP contribution is 2.32. The van der Waals surface area contributed by atoms with Gasteiger partial charge in [0.15, 0.2) is 6.29 Å². The van der Waals surface area contributed by atoms with E-state index in [1.807, 2.05) is 43.3 Å². The molecule has 0 aliphatic carbocycles. The summed E-state index contributed by atoms with van der Waals surface area (Å²) >= 11 is 0. The summed E-state index contributed by atoms with van der Waals surface area (Å²) < 4.78 is 33.6. The van der Waals surface area contributed by atoms with E-state index in [0.29, 0.717) is 140 Å². The lowest BCUT2D eigenvalue weighted by Gasteiger charge is -2.20. The Kier molecular flexibility index (Phi) is 21.4. The van der Waals surface area contributed by atoms with Crippen LogP contribution in [0.4, 0.5) is 11.4 Å². The summed E-state index contributed by atoms with van der Waals surface area (Å²) in [7, 11) is 1.70. The molecule has 4 aromatic rings. The number of aldehydes is 1. The number of aryl methyl sites for hydroxylation is 1. The van der Waals surface area contributed by atoms with Crippen LogP contribution < -0.4 is 27.4 Å². The topological polar surface area (TPSA) is 215 Å². The first-order valence-corrected chi connectivity index (χ1v) is 20.3. The lowest BCUT2D eigenvalue weighted by atomic mass is 9.95. The summed E-state index contributed by atoms with van der Waals surface area (Å²) in [5.41, 5.74) is 15.5. The molecule has 0 heterocycles. The number of imide groups is 1. The number of nitrogens with two attached hydrogens (primary N) is 2. The second-order valence-electron chi connectivity index (χ2n) is 13.7. The average Bonchev–Trinajstić information content (AvgIpc) is 3.25. The molecule has 0 aliphatic heterocycles. The third kappa shape index (κ3) is 14.6. The number of carbonyl (C=O) groups excluding carboxylic acids is 4. The number of nitrogens with zero attached hydrogens (tertiary/aromatic N) is 1. The van der Waals surface area contributed by atoms with Gasteiger partial charge in [-0.2, -0.15) is 0 Å². The minimum absolute atomic E-state index is 0.230. The molecule has 60 heavy (non-hydrogen) atoms. The number of nitrogens with one attached hydrogen (secondary N) is 3. The van der Waals surface area contributed by atoms with Crippen LogP contribution in [0.2, 0.25) is 0 Å². The predicted octanol–water partition coefficient (Wildman–Crippen LogP) is 3.16. The average molecular weight is 833 g/mol. The maximum Gasteiger partial charge on any atom is 0.258 e. The second kappa shape index (κ2) is 26.9. The quantitative estimate of drug-likeness (QED) is 0.0364. The summed E-state index contributed by atoms with van der Waals surface area (Å²) in [6.45, 7) is 9.26. The molecule has 0 aliphatic rings. The van der Waals surface area contributed by atoms with Crippen molar-refractivity contribution in [2.45, 2.75) is 13.3 Å². The number of likely N-dealkylation sites (N-methyl/N-ethyl adjacent to an activating group) is 1. The molecule has 16 heteroatoms. The molecule has 4 rings (SSSR count). The standard InChI is InChI=1S/C44H60N6O10/c1-32-28-34(30-51)42-37(7-9-40(38(42)29-32)48-14-20-59-26-24-57-18-12-46)44(54)50(2)15-21-60-27-22-55-16-10-33-4-3-5-35-39(47-13-19-58-25-23-56-17-11-45)8-6-36(41(33)35)43(53)49-31-52/h3-9,28-31,47-48H,10-27,45-46H2,1-2H3,(H,49,52,53). The number of carbonyl (C=O) groups is 4. The van der Waals surface area contributed by atoms with Gasteiger partial charge in [-0.3, -0.25) is 24.5 Å². The Balaban J connectivity index is 1.27. The zero-order valence-electron chi connectivity index (χ0n) is 34.8. The number of rotatable bonds is 31. The van der Waals surface area contributed by atoms with Crippen LogP contribution in [0.15, 0.2) is 54.6 Å². The highest BCUT2D eigenvalue weighted by Gasteiger charge is 2.20. The Hall–Kier alpha value is -5.04. The molecule has 4 aromatic carbocycles. The number of hydrogen-bond acceptors (Lipinski definition) is 14. The van der Waals surface area contributed by atoms with Crippen LogP contribution in [-0.2, 0) is 39.6 Å². The maximum atomic E-state index is 13.7. The van der Waals surface area contributed by atoms with Gasteiger partial charge in [0.25, 0.3) is 11.8 Å². The Labute approximate surface area is 351 Å². The van der Waals surface area contributed by atoms with E-state index < -0.39 is 5.91 Å².